The van der Waals surface area contributed by atoms with Crippen LogP contribution in [0.25, 0.3) is 11.3 Å². The van der Waals surface area contributed by atoms with E-state index in [1.807, 2.05) is 0 Å². The van der Waals surface area contributed by atoms with Crippen molar-refractivity contribution >= 4 is 5.91 Å². The topological polar surface area (TPSA) is 98.2 Å². The molecule has 0 aliphatic heterocycles. The molecule has 2 unspecified atom stereocenters. The van der Waals surface area contributed by atoms with Gasteiger partial charge in [-0.2, -0.15) is 5.10 Å². The highest BCUT2D eigenvalue weighted by atomic mass is 19.1. The Bertz CT molecular complexity index is 629. The van der Waals surface area contributed by atoms with Crippen molar-refractivity contribution in [3.05, 3.63) is 41.8 Å². The van der Waals surface area contributed by atoms with Crippen LogP contribution in [-0.2, 0) is 4.79 Å². The maximum Gasteiger partial charge on any atom is 0.216 e. The van der Waals surface area contributed by atoms with E-state index in [2.05, 4.69) is 15.5 Å². The summed E-state index contributed by atoms with van der Waals surface area (Å²) in [6.07, 6.45) is -1.09. The zero-order chi connectivity index (χ0) is 15.4. The Morgan fingerprint density at radius 1 is 1.48 bits per heavy atom. The van der Waals surface area contributed by atoms with Crippen LogP contribution in [0.4, 0.5) is 4.39 Å². The second-order valence-corrected chi connectivity index (χ2v) is 4.66. The quantitative estimate of drug-likeness (QED) is 0.653. The van der Waals surface area contributed by atoms with Crippen LogP contribution in [0.3, 0.4) is 0 Å². The predicted octanol–water partition coefficient (Wildman–Crippen LogP) is 0.746. The number of aliphatic hydroxyl groups excluding tert-OH is 2. The number of halogens is 1. The summed E-state index contributed by atoms with van der Waals surface area (Å²) in [6, 6.07) is 5.80. The van der Waals surface area contributed by atoms with Gasteiger partial charge in [0.1, 0.15) is 18.0 Å². The molecular weight excluding hydrogens is 277 g/mol. The first-order chi connectivity index (χ1) is 9.99. The molecule has 2 rings (SSSR count). The van der Waals surface area contributed by atoms with Crippen LogP contribution in [0.15, 0.2) is 30.5 Å². The Morgan fingerprint density at radius 3 is 2.90 bits per heavy atom. The van der Waals surface area contributed by atoms with E-state index in [0.29, 0.717) is 16.8 Å². The van der Waals surface area contributed by atoms with Crippen LogP contribution in [-0.4, -0.2) is 39.0 Å². The number of H-pyrrole nitrogens is 1. The summed E-state index contributed by atoms with van der Waals surface area (Å²) in [4.78, 5) is 10.8. The van der Waals surface area contributed by atoms with Gasteiger partial charge in [-0.05, 0) is 12.1 Å². The number of nitrogens with zero attached hydrogens (tertiary/aromatic N) is 1. The second-order valence-electron chi connectivity index (χ2n) is 4.66. The van der Waals surface area contributed by atoms with Gasteiger partial charge in [0.2, 0.25) is 5.91 Å². The molecule has 0 saturated carbocycles. The molecule has 2 atom stereocenters. The molecule has 6 nitrogen and oxygen atoms in total. The molecule has 0 saturated heterocycles. The van der Waals surface area contributed by atoms with E-state index in [-0.39, 0.29) is 12.5 Å². The number of carbonyl (C=O) groups is 1. The first-order valence-electron chi connectivity index (χ1n) is 6.39. The average molecular weight is 293 g/mol. The van der Waals surface area contributed by atoms with Gasteiger partial charge in [0.25, 0.3) is 0 Å². The summed E-state index contributed by atoms with van der Waals surface area (Å²) in [5, 5.41) is 28.9. The SMILES string of the molecule is CC(=O)NCC(O)C(O)c1cn[nH]c1-c1cccc(F)c1. The minimum atomic E-state index is -1.26. The van der Waals surface area contributed by atoms with Crippen molar-refractivity contribution in [2.45, 2.75) is 19.1 Å². The number of hydrogen-bond acceptors (Lipinski definition) is 4. The molecule has 0 aliphatic carbocycles. The highest BCUT2D eigenvalue weighted by Crippen LogP contribution is 2.28. The minimum absolute atomic E-state index is 0.0930. The summed E-state index contributed by atoms with van der Waals surface area (Å²) in [7, 11) is 0. The van der Waals surface area contributed by atoms with Crippen molar-refractivity contribution < 1.29 is 19.4 Å². The molecular formula is C14H16FN3O3. The zero-order valence-corrected chi connectivity index (χ0v) is 11.4. The van der Waals surface area contributed by atoms with Gasteiger partial charge in [0.15, 0.2) is 0 Å². The number of hydrogen-bond donors (Lipinski definition) is 4. The fraction of sp³-hybridized carbons (Fsp3) is 0.286. The highest BCUT2D eigenvalue weighted by Gasteiger charge is 2.23. The molecule has 4 N–H and O–H groups in total. The predicted molar refractivity (Wildman–Crippen MR) is 73.6 cm³/mol. The fourth-order valence-corrected chi connectivity index (χ4v) is 1.96. The third-order valence-electron chi connectivity index (χ3n) is 3.03. The monoisotopic (exact) mass is 293 g/mol. The van der Waals surface area contributed by atoms with Crippen LogP contribution in [0.1, 0.15) is 18.6 Å². The number of nitrogens with one attached hydrogen (secondary N) is 2. The first-order valence-corrected chi connectivity index (χ1v) is 6.39. The Balaban J connectivity index is 2.21. The van der Waals surface area contributed by atoms with Crippen molar-refractivity contribution in [1.82, 2.24) is 15.5 Å². The van der Waals surface area contributed by atoms with E-state index in [9.17, 15) is 19.4 Å². The third-order valence-corrected chi connectivity index (χ3v) is 3.03. The normalized spacial score (nSPS) is 13.7. The molecule has 0 aliphatic rings. The maximum atomic E-state index is 13.3. The lowest BCUT2D eigenvalue weighted by molar-refractivity contribution is -0.119. The van der Waals surface area contributed by atoms with E-state index in [4.69, 9.17) is 0 Å². The lowest BCUT2D eigenvalue weighted by Gasteiger charge is -2.18. The fourth-order valence-electron chi connectivity index (χ4n) is 1.96. The van der Waals surface area contributed by atoms with Gasteiger partial charge in [-0.3, -0.25) is 9.89 Å². The van der Waals surface area contributed by atoms with Crippen LogP contribution >= 0.6 is 0 Å². The van der Waals surface area contributed by atoms with E-state index in [0.717, 1.165) is 0 Å². The number of aliphatic hydroxyl groups is 2. The van der Waals surface area contributed by atoms with Gasteiger partial charge in [-0.15, -0.1) is 0 Å². The van der Waals surface area contributed by atoms with E-state index in [1.54, 1.807) is 6.07 Å². The number of benzene rings is 1. The summed E-state index contributed by atoms with van der Waals surface area (Å²) >= 11 is 0. The molecule has 112 valence electrons. The van der Waals surface area contributed by atoms with Crippen LogP contribution < -0.4 is 5.32 Å². The number of aromatic amines is 1. The van der Waals surface area contributed by atoms with E-state index >= 15 is 0 Å². The third kappa shape index (κ3) is 3.65. The van der Waals surface area contributed by atoms with Crippen molar-refractivity contribution in [2.24, 2.45) is 0 Å². The molecule has 1 aromatic heterocycles. The Kier molecular flexibility index (Phi) is 4.66. The molecule has 0 radical (unpaired) electrons. The van der Waals surface area contributed by atoms with Gasteiger partial charge >= 0.3 is 0 Å². The number of carbonyl (C=O) groups excluding carboxylic acids is 1. The van der Waals surface area contributed by atoms with Gasteiger partial charge in [0, 0.05) is 24.6 Å². The number of rotatable bonds is 5. The van der Waals surface area contributed by atoms with Crippen LogP contribution in [0.2, 0.25) is 0 Å². The smallest absolute Gasteiger partial charge is 0.216 e. The summed E-state index contributed by atoms with van der Waals surface area (Å²) in [5.41, 5.74) is 1.26. The van der Waals surface area contributed by atoms with Gasteiger partial charge < -0.3 is 15.5 Å². The van der Waals surface area contributed by atoms with Crippen molar-refractivity contribution in [3.8, 4) is 11.3 Å². The number of aromatic nitrogens is 2. The molecule has 1 aromatic carbocycles. The molecule has 0 spiro atoms. The summed E-state index contributed by atoms with van der Waals surface area (Å²) in [6.45, 7) is 1.22. The molecule has 0 bridgehead atoms. The Morgan fingerprint density at radius 2 is 2.24 bits per heavy atom. The van der Waals surface area contributed by atoms with Crippen molar-refractivity contribution in [3.63, 3.8) is 0 Å². The van der Waals surface area contributed by atoms with Crippen LogP contribution in [0, 0.1) is 5.82 Å². The van der Waals surface area contributed by atoms with Gasteiger partial charge in [0.05, 0.1) is 11.9 Å². The molecule has 7 heteroatoms. The Labute approximate surface area is 120 Å². The van der Waals surface area contributed by atoms with Gasteiger partial charge in [-0.25, -0.2) is 4.39 Å². The Hall–Kier alpha value is -2.25. The summed E-state index contributed by atoms with van der Waals surface area (Å²) < 4.78 is 13.3. The molecule has 2 aromatic rings. The van der Waals surface area contributed by atoms with Crippen LogP contribution in [0.5, 0.6) is 0 Å². The number of amides is 1. The van der Waals surface area contributed by atoms with E-state index < -0.39 is 18.0 Å². The molecule has 21 heavy (non-hydrogen) atoms. The largest absolute Gasteiger partial charge is 0.388 e. The minimum Gasteiger partial charge on any atom is -0.388 e. The zero-order valence-electron chi connectivity index (χ0n) is 11.4. The molecule has 1 amide bonds. The molecule has 0 fully saturated rings. The van der Waals surface area contributed by atoms with Gasteiger partial charge in [-0.1, -0.05) is 12.1 Å². The molecule has 1 heterocycles. The second kappa shape index (κ2) is 6.47. The first kappa shape index (κ1) is 15.1. The average Bonchev–Trinajstić information content (AvgIpc) is 2.93. The standard InChI is InChI=1S/C14H16FN3O3/c1-8(19)16-7-12(20)14(21)11-6-17-18-13(11)9-3-2-4-10(15)5-9/h2-6,12,14,20-21H,7H2,1H3,(H,16,19)(H,17,18). The lowest BCUT2D eigenvalue weighted by atomic mass is 10.0. The van der Waals surface area contributed by atoms with Crippen molar-refractivity contribution in [2.75, 3.05) is 6.54 Å². The maximum absolute atomic E-state index is 13.3. The lowest BCUT2D eigenvalue weighted by Crippen LogP contribution is -2.34. The summed E-state index contributed by atoms with van der Waals surface area (Å²) in [5.74, 6) is -0.722. The van der Waals surface area contributed by atoms with Crippen molar-refractivity contribution in [1.29, 1.82) is 0 Å². The van der Waals surface area contributed by atoms with E-state index in [1.165, 1.54) is 31.3 Å². The highest BCUT2D eigenvalue weighted by molar-refractivity contribution is 5.72.